The summed E-state index contributed by atoms with van der Waals surface area (Å²) in [7, 11) is 0. The third-order valence-corrected chi connectivity index (χ3v) is 6.58. The van der Waals surface area contributed by atoms with Gasteiger partial charge in [-0.25, -0.2) is 4.98 Å². The van der Waals surface area contributed by atoms with Gasteiger partial charge in [-0.05, 0) is 31.9 Å². The molecule has 0 saturated heterocycles. The van der Waals surface area contributed by atoms with Crippen LogP contribution in [-0.4, -0.2) is 21.2 Å². The molecule has 0 aliphatic heterocycles. The van der Waals surface area contributed by atoms with Crippen molar-refractivity contribution in [3.63, 3.8) is 0 Å². The molecule has 0 bridgehead atoms. The van der Waals surface area contributed by atoms with Crippen molar-refractivity contribution in [1.29, 1.82) is 0 Å². The van der Waals surface area contributed by atoms with Gasteiger partial charge >= 0.3 is 0 Å². The minimum atomic E-state index is 0.556. The Kier molecular flexibility index (Phi) is 5.55. The van der Waals surface area contributed by atoms with Gasteiger partial charge in [0.05, 0.1) is 5.69 Å². The summed E-state index contributed by atoms with van der Waals surface area (Å²) in [4.78, 5) is 4.65. The highest BCUT2D eigenvalue weighted by molar-refractivity contribution is 8.00. The number of nitrogens with zero attached hydrogens (tertiary/aromatic N) is 3. The van der Waals surface area contributed by atoms with Crippen molar-refractivity contribution in [2.45, 2.75) is 55.2 Å². The summed E-state index contributed by atoms with van der Waals surface area (Å²) in [6.07, 6.45) is 6.46. The highest BCUT2D eigenvalue weighted by Crippen LogP contribution is 2.31. The van der Waals surface area contributed by atoms with Crippen molar-refractivity contribution in [2.24, 2.45) is 0 Å². The van der Waals surface area contributed by atoms with Gasteiger partial charge in [0.25, 0.3) is 0 Å². The summed E-state index contributed by atoms with van der Waals surface area (Å²) >= 11 is 3.29. The normalized spacial score (nSPS) is 15.3. The molecular formula is C19H22N4OS2. The van der Waals surface area contributed by atoms with Gasteiger partial charge in [0.15, 0.2) is 4.34 Å². The maximum Gasteiger partial charge on any atom is 0.226 e. The molecule has 7 heteroatoms. The standard InChI is InChI=1S/C19H22N4OS2/c1-13-16(21-17(24-13)14-8-4-2-5-9-14)12-25-19-23-22-18(26-19)20-15-10-6-3-7-11-15/h2,4-5,8-9,15H,3,6-7,10-12H2,1H3,(H,20,22). The number of benzene rings is 1. The minimum Gasteiger partial charge on any atom is -0.441 e. The van der Waals surface area contributed by atoms with Gasteiger partial charge in [0.1, 0.15) is 5.76 Å². The summed E-state index contributed by atoms with van der Waals surface area (Å²) in [5.41, 5.74) is 1.97. The average molecular weight is 387 g/mol. The molecule has 1 saturated carbocycles. The molecule has 0 amide bonds. The Hall–Kier alpha value is -1.86. The van der Waals surface area contributed by atoms with Gasteiger partial charge in [-0.2, -0.15) is 0 Å². The second kappa shape index (κ2) is 8.22. The molecule has 26 heavy (non-hydrogen) atoms. The van der Waals surface area contributed by atoms with Crippen molar-refractivity contribution >= 4 is 28.2 Å². The number of rotatable bonds is 6. The zero-order chi connectivity index (χ0) is 17.8. The van der Waals surface area contributed by atoms with Gasteiger partial charge in [-0.3, -0.25) is 0 Å². The zero-order valence-electron chi connectivity index (χ0n) is 14.8. The molecule has 1 N–H and O–H groups in total. The number of thioether (sulfide) groups is 1. The molecule has 2 heterocycles. The van der Waals surface area contributed by atoms with Crippen molar-refractivity contribution in [2.75, 3.05) is 5.32 Å². The smallest absolute Gasteiger partial charge is 0.226 e. The summed E-state index contributed by atoms with van der Waals surface area (Å²) in [5, 5.41) is 13.1. The molecule has 0 radical (unpaired) electrons. The van der Waals surface area contributed by atoms with Gasteiger partial charge in [-0.1, -0.05) is 60.6 Å². The maximum atomic E-state index is 5.83. The number of aryl methyl sites for hydroxylation is 1. The minimum absolute atomic E-state index is 0.556. The third kappa shape index (κ3) is 4.27. The summed E-state index contributed by atoms with van der Waals surface area (Å²) in [6, 6.07) is 10.5. The monoisotopic (exact) mass is 386 g/mol. The zero-order valence-corrected chi connectivity index (χ0v) is 16.4. The van der Waals surface area contributed by atoms with Crippen LogP contribution < -0.4 is 5.32 Å². The molecule has 5 nitrogen and oxygen atoms in total. The van der Waals surface area contributed by atoms with Crippen LogP contribution in [0, 0.1) is 6.92 Å². The molecule has 0 spiro atoms. The van der Waals surface area contributed by atoms with E-state index < -0.39 is 0 Å². The lowest BCUT2D eigenvalue weighted by atomic mass is 9.96. The molecule has 4 rings (SSSR count). The summed E-state index contributed by atoms with van der Waals surface area (Å²) in [5.74, 6) is 2.28. The molecule has 2 aromatic heterocycles. The second-order valence-corrected chi connectivity index (χ2v) is 8.73. The Bertz CT molecular complexity index is 840. The summed E-state index contributed by atoms with van der Waals surface area (Å²) in [6.45, 7) is 1.96. The Morgan fingerprint density at radius 1 is 1.15 bits per heavy atom. The van der Waals surface area contributed by atoms with E-state index in [9.17, 15) is 0 Å². The number of nitrogens with one attached hydrogen (secondary N) is 1. The number of oxazole rings is 1. The van der Waals surface area contributed by atoms with E-state index in [2.05, 4.69) is 20.5 Å². The predicted molar refractivity (Wildman–Crippen MR) is 107 cm³/mol. The van der Waals surface area contributed by atoms with Crippen LogP contribution in [0.4, 0.5) is 5.13 Å². The largest absolute Gasteiger partial charge is 0.441 e. The lowest BCUT2D eigenvalue weighted by Crippen LogP contribution is -2.21. The third-order valence-electron chi connectivity index (χ3n) is 4.58. The SMILES string of the molecule is Cc1oc(-c2ccccc2)nc1CSc1nnc(NC2CCCCC2)s1. The van der Waals surface area contributed by atoms with Crippen LogP contribution in [-0.2, 0) is 5.75 Å². The van der Waals surface area contributed by atoms with Gasteiger partial charge in [0, 0.05) is 17.4 Å². The first-order chi connectivity index (χ1) is 12.8. The van der Waals surface area contributed by atoms with Crippen LogP contribution in [0.3, 0.4) is 0 Å². The van der Waals surface area contributed by atoms with Crippen LogP contribution in [0.1, 0.15) is 43.6 Å². The van der Waals surface area contributed by atoms with E-state index in [4.69, 9.17) is 4.42 Å². The molecule has 1 fully saturated rings. The van der Waals surface area contributed by atoms with Crippen molar-refractivity contribution in [3.8, 4) is 11.5 Å². The molecule has 1 aliphatic rings. The Morgan fingerprint density at radius 2 is 1.96 bits per heavy atom. The summed E-state index contributed by atoms with van der Waals surface area (Å²) < 4.78 is 6.79. The number of hydrogen-bond acceptors (Lipinski definition) is 7. The van der Waals surface area contributed by atoms with E-state index in [-0.39, 0.29) is 0 Å². The molecule has 136 valence electrons. The van der Waals surface area contributed by atoms with Gasteiger partial charge < -0.3 is 9.73 Å². The van der Waals surface area contributed by atoms with Crippen LogP contribution in [0.15, 0.2) is 39.1 Å². The number of aromatic nitrogens is 3. The predicted octanol–water partition coefficient (Wildman–Crippen LogP) is 5.54. The first kappa shape index (κ1) is 17.5. The van der Waals surface area contributed by atoms with E-state index in [0.29, 0.717) is 11.9 Å². The van der Waals surface area contributed by atoms with Crippen molar-refractivity contribution in [1.82, 2.24) is 15.2 Å². The van der Waals surface area contributed by atoms with E-state index in [0.717, 1.165) is 32.2 Å². The molecule has 0 unspecified atom stereocenters. The first-order valence-electron chi connectivity index (χ1n) is 9.02. The van der Waals surface area contributed by atoms with E-state index in [1.807, 2.05) is 37.3 Å². The Morgan fingerprint density at radius 3 is 2.77 bits per heavy atom. The van der Waals surface area contributed by atoms with Crippen molar-refractivity contribution < 1.29 is 4.42 Å². The first-order valence-corrected chi connectivity index (χ1v) is 10.8. The fourth-order valence-corrected chi connectivity index (χ4v) is 4.97. The second-order valence-electron chi connectivity index (χ2n) is 6.53. The highest BCUT2D eigenvalue weighted by Gasteiger charge is 2.16. The van der Waals surface area contributed by atoms with Gasteiger partial charge in [0.2, 0.25) is 11.0 Å². The van der Waals surface area contributed by atoms with Crippen LogP contribution in [0.25, 0.3) is 11.5 Å². The molecule has 3 aromatic rings. The lowest BCUT2D eigenvalue weighted by Gasteiger charge is -2.21. The van der Waals surface area contributed by atoms with Gasteiger partial charge in [-0.15, -0.1) is 10.2 Å². The maximum absolute atomic E-state index is 5.83. The molecule has 1 aliphatic carbocycles. The van der Waals surface area contributed by atoms with Crippen LogP contribution >= 0.6 is 23.1 Å². The quantitative estimate of drug-likeness (QED) is 0.561. The lowest BCUT2D eigenvalue weighted by molar-refractivity contribution is 0.462. The molecule has 0 atom stereocenters. The fraction of sp³-hybridized carbons (Fsp3) is 0.421. The highest BCUT2D eigenvalue weighted by atomic mass is 32.2. The topological polar surface area (TPSA) is 63.8 Å². The molecule has 1 aromatic carbocycles. The van der Waals surface area contributed by atoms with E-state index >= 15 is 0 Å². The Labute approximate surface area is 161 Å². The Balaban J connectivity index is 1.36. The van der Waals surface area contributed by atoms with Crippen molar-refractivity contribution in [3.05, 3.63) is 41.8 Å². The number of anilines is 1. The van der Waals surface area contributed by atoms with Crippen LogP contribution in [0.2, 0.25) is 0 Å². The van der Waals surface area contributed by atoms with E-state index in [1.165, 1.54) is 32.1 Å². The van der Waals surface area contributed by atoms with E-state index in [1.54, 1.807) is 23.1 Å². The van der Waals surface area contributed by atoms with Crippen LogP contribution in [0.5, 0.6) is 0 Å². The average Bonchev–Trinajstić information content (AvgIpc) is 3.28. The number of hydrogen-bond donors (Lipinski definition) is 1. The molecular weight excluding hydrogens is 364 g/mol. The fourth-order valence-electron chi connectivity index (χ4n) is 3.14.